The van der Waals surface area contributed by atoms with Crippen molar-refractivity contribution in [3.63, 3.8) is 0 Å². The first kappa shape index (κ1) is 8.75. The van der Waals surface area contributed by atoms with Gasteiger partial charge in [0, 0.05) is 11.1 Å². The summed E-state index contributed by atoms with van der Waals surface area (Å²) in [5.41, 5.74) is 9.20. The summed E-state index contributed by atoms with van der Waals surface area (Å²) in [6, 6.07) is 6.66. The lowest BCUT2D eigenvalue weighted by Crippen LogP contribution is -2.22. The van der Waals surface area contributed by atoms with Gasteiger partial charge in [0.1, 0.15) is 0 Å². The van der Waals surface area contributed by atoms with E-state index in [4.69, 9.17) is 17.3 Å². The molecule has 74 valence electrons. The minimum absolute atomic E-state index is 0.415. The van der Waals surface area contributed by atoms with Crippen LogP contribution in [0.1, 0.15) is 24.0 Å². The molecular formula is C12H14ClN. The number of nitrogens with two attached hydrogens (primary N) is 1. The van der Waals surface area contributed by atoms with Crippen molar-refractivity contribution in [3.8, 4) is 0 Å². The van der Waals surface area contributed by atoms with Gasteiger partial charge >= 0.3 is 0 Å². The molecule has 1 fully saturated rings. The largest absolute Gasteiger partial charge is 0.327 e. The average molecular weight is 208 g/mol. The zero-order valence-corrected chi connectivity index (χ0v) is 8.85. The van der Waals surface area contributed by atoms with E-state index in [2.05, 4.69) is 6.07 Å². The fraction of sp³-hybridized carbons (Fsp3) is 0.500. The number of fused-ring (bicyclic) bond motifs is 1. The highest BCUT2D eigenvalue weighted by Gasteiger charge is 2.52. The third-order valence-electron chi connectivity index (χ3n) is 3.89. The van der Waals surface area contributed by atoms with Crippen LogP contribution < -0.4 is 5.73 Å². The first-order valence-electron chi connectivity index (χ1n) is 5.23. The Hall–Kier alpha value is -0.530. The summed E-state index contributed by atoms with van der Waals surface area (Å²) in [6.45, 7) is 0. The Bertz CT molecular complexity index is 388. The Kier molecular flexibility index (Phi) is 1.71. The van der Waals surface area contributed by atoms with E-state index in [-0.39, 0.29) is 0 Å². The molecule has 2 N–H and O–H groups in total. The van der Waals surface area contributed by atoms with Crippen molar-refractivity contribution in [2.45, 2.75) is 31.7 Å². The van der Waals surface area contributed by atoms with Crippen LogP contribution in [0.3, 0.4) is 0 Å². The van der Waals surface area contributed by atoms with Crippen LogP contribution in [0.5, 0.6) is 0 Å². The lowest BCUT2D eigenvalue weighted by atomic mass is 9.81. The number of rotatable bonds is 0. The van der Waals surface area contributed by atoms with Crippen LogP contribution in [-0.2, 0) is 12.8 Å². The predicted octanol–water partition coefficient (Wildman–Crippen LogP) is 2.55. The molecule has 2 aliphatic rings. The lowest BCUT2D eigenvalue weighted by molar-refractivity contribution is 0.421. The molecule has 0 radical (unpaired) electrons. The quantitative estimate of drug-likeness (QED) is 0.695. The van der Waals surface area contributed by atoms with Crippen molar-refractivity contribution < 1.29 is 0 Å². The number of benzene rings is 1. The highest BCUT2D eigenvalue weighted by molar-refractivity contribution is 6.31. The van der Waals surface area contributed by atoms with Crippen molar-refractivity contribution in [3.05, 3.63) is 34.3 Å². The Morgan fingerprint density at radius 1 is 1.43 bits per heavy atom. The van der Waals surface area contributed by atoms with E-state index in [0.29, 0.717) is 11.5 Å². The van der Waals surface area contributed by atoms with Crippen LogP contribution in [-0.4, -0.2) is 6.04 Å². The first-order valence-corrected chi connectivity index (χ1v) is 5.61. The van der Waals surface area contributed by atoms with E-state index in [1.807, 2.05) is 12.1 Å². The second kappa shape index (κ2) is 2.74. The number of hydrogen-bond donors (Lipinski definition) is 1. The smallest absolute Gasteiger partial charge is 0.0440 e. The van der Waals surface area contributed by atoms with Gasteiger partial charge in [-0.15, -0.1) is 0 Å². The number of hydrogen-bond acceptors (Lipinski definition) is 1. The molecule has 0 saturated heterocycles. The van der Waals surface area contributed by atoms with Crippen LogP contribution in [0, 0.1) is 5.41 Å². The van der Waals surface area contributed by atoms with Gasteiger partial charge in [-0.1, -0.05) is 23.7 Å². The van der Waals surface area contributed by atoms with E-state index in [0.717, 1.165) is 17.9 Å². The minimum Gasteiger partial charge on any atom is -0.327 e. The molecule has 1 aromatic rings. The fourth-order valence-electron chi connectivity index (χ4n) is 2.73. The summed E-state index contributed by atoms with van der Waals surface area (Å²) in [5.74, 6) is 0. The third-order valence-corrected chi connectivity index (χ3v) is 4.24. The Labute approximate surface area is 89.3 Å². The highest BCUT2D eigenvalue weighted by atomic mass is 35.5. The molecule has 0 aliphatic heterocycles. The van der Waals surface area contributed by atoms with Crippen LogP contribution in [0.15, 0.2) is 18.2 Å². The summed E-state index contributed by atoms with van der Waals surface area (Å²) in [5, 5.41) is 0.931. The summed E-state index contributed by atoms with van der Waals surface area (Å²) >= 11 is 6.20. The SMILES string of the molecule is NC1CC12CCc1cccc(Cl)c1C2. The van der Waals surface area contributed by atoms with Crippen molar-refractivity contribution in [2.24, 2.45) is 11.1 Å². The van der Waals surface area contributed by atoms with Crippen LogP contribution in [0.4, 0.5) is 0 Å². The zero-order valence-electron chi connectivity index (χ0n) is 8.09. The van der Waals surface area contributed by atoms with Crippen molar-refractivity contribution >= 4 is 11.6 Å². The van der Waals surface area contributed by atoms with Gasteiger partial charge in [0.25, 0.3) is 0 Å². The summed E-state index contributed by atoms with van der Waals surface area (Å²) < 4.78 is 0. The van der Waals surface area contributed by atoms with Crippen LogP contribution in [0.2, 0.25) is 5.02 Å². The summed E-state index contributed by atoms with van der Waals surface area (Å²) in [4.78, 5) is 0. The van der Waals surface area contributed by atoms with Crippen molar-refractivity contribution in [1.29, 1.82) is 0 Å². The van der Waals surface area contributed by atoms with E-state index >= 15 is 0 Å². The van der Waals surface area contributed by atoms with Gasteiger partial charge in [0.2, 0.25) is 0 Å². The van der Waals surface area contributed by atoms with Crippen molar-refractivity contribution in [1.82, 2.24) is 0 Å². The Morgan fingerprint density at radius 2 is 2.21 bits per heavy atom. The maximum atomic E-state index is 6.20. The molecule has 0 aromatic heterocycles. The van der Waals surface area contributed by atoms with Crippen LogP contribution >= 0.6 is 11.6 Å². The third kappa shape index (κ3) is 1.12. The monoisotopic (exact) mass is 207 g/mol. The van der Waals surface area contributed by atoms with E-state index in [1.54, 1.807) is 0 Å². The molecule has 0 bridgehead atoms. The van der Waals surface area contributed by atoms with Gasteiger partial charge < -0.3 is 5.73 Å². The Morgan fingerprint density at radius 3 is 2.93 bits per heavy atom. The molecule has 2 aliphatic carbocycles. The second-order valence-electron chi connectivity index (χ2n) is 4.73. The molecular weight excluding hydrogens is 194 g/mol. The Balaban J connectivity index is 2.01. The van der Waals surface area contributed by atoms with Crippen LogP contribution in [0.25, 0.3) is 0 Å². The van der Waals surface area contributed by atoms with Crippen molar-refractivity contribution in [2.75, 3.05) is 0 Å². The summed E-state index contributed by atoms with van der Waals surface area (Å²) in [6.07, 6.45) is 4.70. The van der Waals surface area contributed by atoms with E-state index in [9.17, 15) is 0 Å². The van der Waals surface area contributed by atoms with Gasteiger partial charge in [-0.3, -0.25) is 0 Å². The average Bonchev–Trinajstić information content (AvgIpc) is 2.78. The summed E-state index contributed by atoms with van der Waals surface area (Å²) in [7, 11) is 0. The fourth-order valence-corrected chi connectivity index (χ4v) is 2.99. The molecule has 1 spiro atoms. The lowest BCUT2D eigenvalue weighted by Gasteiger charge is -2.25. The highest BCUT2D eigenvalue weighted by Crippen LogP contribution is 2.54. The molecule has 0 amide bonds. The van der Waals surface area contributed by atoms with E-state index in [1.165, 1.54) is 24.0 Å². The second-order valence-corrected chi connectivity index (χ2v) is 5.13. The standard InChI is InChI=1S/C12H14ClN/c13-10-3-1-2-8-4-5-12(6-9(8)10)7-11(12)14/h1-3,11H,4-7,14H2. The maximum Gasteiger partial charge on any atom is 0.0440 e. The molecule has 0 heterocycles. The van der Waals surface area contributed by atoms with Gasteiger partial charge in [-0.25, -0.2) is 0 Å². The number of aryl methyl sites for hydroxylation is 1. The molecule has 1 nitrogen and oxygen atoms in total. The van der Waals surface area contributed by atoms with Gasteiger partial charge in [-0.05, 0) is 48.3 Å². The molecule has 2 heteroatoms. The molecule has 2 atom stereocenters. The molecule has 2 unspecified atom stereocenters. The molecule has 14 heavy (non-hydrogen) atoms. The van der Waals surface area contributed by atoms with Gasteiger partial charge in [0.15, 0.2) is 0 Å². The normalized spacial score (nSPS) is 34.3. The molecule has 3 rings (SSSR count). The topological polar surface area (TPSA) is 26.0 Å². The van der Waals surface area contributed by atoms with Gasteiger partial charge in [0.05, 0.1) is 0 Å². The van der Waals surface area contributed by atoms with Gasteiger partial charge in [-0.2, -0.15) is 0 Å². The predicted molar refractivity (Wildman–Crippen MR) is 58.5 cm³/mol. The maximum absolute atomic E-state index is 6.20. The number of halogens is 1. The molecule has 1 aromatic carbocycles. The molecule has 1 saturated carbocycles. The zero-order chi connectivity index (χ0) is 9.76. The first-order chi connectivity index (χ1) is 6.71. The minimum atomic E-state index is 0.415. The van der Waals surface area contributed by atoms with E-state index < -0.39 is 0 Å².